The van der Waals surface area contributed by atoms with Gasteiger partial charge in [0.05, 0.1) is 11.7 Å². The fourth-order valence-electron chi connectivity index (χ4n) is 2.60. The highest BCUT2D eigenvalue weighted by molar-refractivity contribution is 6.21. The van der Waals surface area contributed by atoms with Gasteiger partial charge >= 0.3 is 6.03 Å². The Kier molecular flexibility index (Phi) is 2.61. The molecule has 2 atom stereocenters. The number of fused-ring (bicyclic) bond motifs is 1. The fourth-order valence-corrected chi connectivity index (χ4v) is 2.60. The van der Waals surface area contributed by atoms with Gasteiger partial charge in [-0.05, 0) is 24.1 Å². The van der Waals surface area contributed by atoms with Crippen LogP contribution in [0.25, 0.3) is 10.4 Å². The molecule has 1 aromatic carbocycles. The van der Waals surface area contributed by atoms with Crippen LogP contribution in [0.1, 0.15) is 6.42 Å². The number of carbonyl (C=O) groups is 2. The molecule has 0 unspecified atom stereocenters. The number of carbonyl (C=O) groups excluding carboxylic acids is 2. The summed E-state index contributed by atoms with van der Waals surface area (Å²) in [5.74, 6) is -0.244. The molecule has 1 aromatic rings. The third-order valence-electron chi connectivity index (χ3n) is 3.45. The number of azide groups is 1. The van der Waals surface area contributed by atoms with E-state index in [1.54, 1.807) is 24.3 Å². The molecule has 0 aliphatic carbocycles. The number of anilines is 1. The lowest BCUT2D eigenvalue weighted by Crippen LogP contribution is -2.34. The zero-order valence-corrected chi connectivity index (χ0v) is 10.0. The SMILES string of the molecule is [N-]=[N+]=N[C@@H]1C[C@@H]2C(=O)N(c3ccccc3)C(=O)N2C1. The molecule has 19 heavy (non-hydrogen) atoms. The zero-order chi connectivity index (χ0) is 13.4. The summed E-state index contributed by atoms with van der Waals surface area (Å²) in [5, 5.41) is 3.59. The maximum atomic E-state index is 12.3. The smallest absolute Gasteiger partial charge is 0.311 e. The summed E-state index contributed by atoms with van der Waals surface area (Å²) in [6, 6.07) is 7.70. The highest BCUT2D eigenvalue weighted by atomic mass is 16.2. The van der Waals surface area contributed by atoms with Gasteiger partial charge in [0.1, 0.15) is 6.04 Å². The van der Waals surface area contributed by atoms with Crippen molar-refractivity contribution in [2.45, 2.75) is 18.5 Å². The normalized spacial score (nSPS) is 25.5. The largest absolute Gasteiger partial charge is 0.332 e. The first-order chi connectivity index (χ1) is 9.22. The van der Waals surface area contributed by atoms with Gasteiger partial charge in [-0.2, -0.15) is 0 Å². The number of rotatable bonds is 2. The second-order valence-electron chi connectivity index (χ2n) is 4.55. The van der Waals surface area contributed by atoms with Crippen molar-refractivity contribution in [3.05, 3.63) is 40.8 Å². The molecule has 2 heterocycles. The first-order valence-electron chi connectivity index (χ1n) is 5.96. The van der Waals surface area contributed by atoms with E-state index in [2.05, 4.69) is 10.0 Å². The van der Waals surface area contributed by atoms with Gasteiger partial charge in [0, 0.05) is 11.5 Å². The summed E-state index contributed by atoms with van der Waals surface area (Å²) in [7, 11) is 0. The quantitative estimate of drug-likeness (QED) is 0.350. The maximum absolute atomic E-state index is 12.3. The van der Waals surface area contributed by atoms with E-state index in [0.29, 0.717) is 18.7 Å². The molecule has 2 aliphatic heterocycles. The third-order valence-corrected chi connectivity index (χ3v) is 3.45. The number of imide groups is 1. The van der Waals surface area contributed by atoms with E-state index in [1.807, 2.05) is 6.07 Å². The minimum Gasteiger partial charge on any atom is -0.311 e. The summed E-state index contributed by atoms with van der Waals surface area (Å²) >= 11 is 0. The van der Waals surface area contributed by atoms with Crippen molar-refractivity contribution < 1.29 is 9.59 Å². The Labute approximate surface area is 109 Å². The number of benzene rings is 1. The van der Waals surface area contributed by atoms with Gasteiger partial charge in [-0.25, -0.2) is 9.69 Å². The molecule has 0 radical (unpaired) electrons. The van der Waals surface area contributed by atoms with Gasteiger partial charge < -0.3 is 4.90 Å². The van der Waals surface area contributed by atoms with Crippen molar-refractivity contribution in [1.82, 2.24) is 4.90 Å². The van der Waals surface area contributed by atoms with Crippen LogP contribution in [0, 0.1) is 0 Å². The van der Waals surface area contributed by atoms with E-state index >= 15 is 0 Å². The Morgan fingerprint density at radius 3 is 2.63 bits per heavy atom. The number of amides is 3. The van der Waals surface area contributed by atoms with Crippen LogP contribution in [-0.4, -0.2) is 35.5 Å². The number of urea groups is 1. The van der Waals surface area contributed by atoms with Gasteiger partial charge in [-0.3, -0.25) is 4.79 Å². The number of hydrogen-bond donors (Lipinski definition) is 0. The zero-order valence-electron chi connectivity index (χ0n) is 10.0. The molecule has 2 fully saturated rings. The molecule has 7 nitrogen and oxygen atoms in total. The summed E-state index contributed by atoms with van der Waals surface area (Å²) in [4.78, 5) is 29.9. The van der Waals surface area contributed by atoms with Crippen LogP contribution in [0.15, 0.2) is 35.4 Å². The molecule has 0 spiro atoms. The van der Waals surface area contributed by atoms with Crippen LogP contribution in [0.2, 0.25) is 0 Å². The lowest BCUT2D eigenvalue weighted by atomic mass is 10.1. The van der Waals surface area contributed by atoms with Gasteiger partial charge in [-0.15, -0.1) is 0 Å². The molecule has 7 heteroatoms. The van der Waals surface area contributed by atoms with Crippen molar-refractivity contribution in [1.29, 1.82) is 0 Å². The average molecular weight is 257 g/mol. The third kappa shape index (κ3) is 1.71. The molecule has 0 N–H and O–H groups in total. The molecule has 2 aliphatic rings. The molecular formula is C12H11N5O2. The molecule has 2 saturated heterocycles. The molecule has 0 saturated carbocycles. The monoisotopic (exact) mass is 257 g/mol. The van der Waals surface area contributed by atoms with E-state index in [9.17, 15) is 9.59 Å². The lowest BCUT2D eigenvalue weighted by molar-refractivity contribution is -0.119. The second-order valence-corrected chi connectivity index (χ2v) is 4.55. The predicted molar refractivity (Wildman–Crippen MR) is 67.4 cm³/mol. The van der Waals surface area contributed by atoms with E-state index in [4.69, 9.17) is 5.53 Å². The Balaban J connectivity index is 1.89. The molecule has 3 amide bonds. The molecular weight excluding hydrogens is 246 g/mol. The Bertz CT molecular complexity index is 557. The maximum Gasteiger partial charge on any atom is 0.332 e. The second kappa shape index (κ2) is 4.29. The van der Waals surface area contributed by atoms with Crippen LogP contribution < -0.4 is 4.90 Å². The van der Waals surface area contributed by atoms with E-state index in [1.165, 1.54) is 9.80 Å². The molecule has 96 valence electrons. The highest BCUT2D eigenvalue weighted by Crippen LogP contribution is 2.32. The minimum atomic E-state index is -0.497. The molecule has 3 rings (SSSR count). The summed E-state index contributed by atoms with van der Waals surface area (Å²) in [6.45, 7) is 0.308. The van der Waals surface area contributed by atoms with Crippen LogP contribution in [0.4, 0.5) is 10.5 Å². The average Bonchev–Trinajstić information content (AvgIpc) is 2.92. The molecule has 0 aromatic heterocycles. The Morgan fingerprint density at radius 1 is 1.26 bits per heavy atom. The topological polar surface area (TPSA) is 89.4 Å². The first kappa shape index (κ1) is 11.6. The van der Waals surface area contributed by atoms with Crippen molar-refractivity contribution in [2.75, 3.05) is 11.4 Å². The molecule has 0 bridgehead atoms. The van der Waals surface area contributed by atoms with Gasteiger partial charge in [-0.1, -0.05) is 23.3 Å². The van der Waals surface area contributed by atoms with Crippen molar-refractivity contribution >= 4 is 17.6 Å². The summed E-state index contributed by atoms with van der Waals surface area (Å²) in [5.41, 5.74) is 8.99. The number of hydrogen-bond acceptors (Lipinski definition) is 3. The van der Waals surface area contributed by atoms with Gasteiger partial charge in [0.25, 0.3) is 5.91 Å². The van der Waals surface area contributed by atoms with Crippen LogP contribution in [0.5, 0.6) is 0 Å². The number of para-hydroxylation sites is 1. The number of nitrogens with zero attached hydrogens (tertiary/aromatic N) is 5. The van der Waals surface area contributed by atoms with E-state index in [0.717, 1.165) is 0 Å². The fraction of sp³-hybridized carbons (Fsp3) is 0.333. The first-order valence-corrected chi connectivity index (χ1v) is 5.96. The van der Waals surface area contributed by atoms with Crippen LogP contribution in [-0.2, 0) is 4.79 Å². The van der Waals surface area contributed by atoms with Gasteiger partial charge in [0.15, 0.2) is 0 Å². The Morgan fingerprint density at radius 2 is 2.00 bits per heavy atom. The Hall–Kier alpha value is -2.53. The van der Waals surface area contributed by atoms with Crippen molar-refractivity contribution in [3.8, 4) is 0 Å². The van der Waals surface area contributed by atoms with E-state index in [-0.39, 0.29) is 18.0 Å². The summed E-state index contributed by atoms with van der Waals surface area (Å²) < 4.78 is 0. The van der Waals surface area contributed by atoms with Crippen LogP contribution >= 0.6 is 0 Å². The van der Waals surface area contributed by atoms with Crippen LogP contribution in [0.3, 0.4) is 0 Å². The van der Waals surface area contributed by atoms with Crippen molar-refractivity contribution in [2.24, 2.45) is 5.11 Å². The highest BCUT2D eigenvalue weighted by Gasteiger charge is 2.50. The predicted octanol–water partition coefficient (Wildman–Crippen LogP) is 1.91. The minimum absolute atomic E-state index is 0.244. The standard InChI is InChI=1S/C12H11N5O2/c13-15-14-8-6-10-11(18)17(12(19)16(10)7-8)9-4-2-1-3-5-9/h1-5,8,10H,6-7H2/t8-,10-/m1/s1. The van der Waals surface area contributed by atoms with Crippen molar-refractivity contribution in [3.63, 3.8) is 0 Å². The van der Waals surface area contributed by atoms with Gasteiger partial charge in [0.2, 0.25) is 0 Å². The lowest BCUT2D eigenvalue weighted by Gasteiger charge is -2.16. The van der Waals surface area contributed by atoms with E-state index < -0.39 is 6.04 Å². The summed E-state index contributed by atoms with van der Waals surface area (Å²) in [6.07, 6.45) is 0.401.